The fourth-order valence-electron chi connectivity index (χ4n) is 3.29. The average Bonchev–Trinajstić information content (AvgIpc) is 2.71. The van der Waals surface area contributed by atoms with Crippen molar-refractivity contribution in [1.82, 2.24) is 9.62 Å². The van der Waals surface area contributed by atoms with E-state index in [1.165, 1.54) is 61.8 Å². The summed E-state index contributed by atoms with van der Waals surface area (Å²) in [5, 5.41) is 2.85. The first-order chi connectivity index (χ1) is 13.6. The lowest BCUT2D eigenvalue weighted by molar-refractivity contribution is -0.129. The number of sulfonamides is 1. The molecule has 1 N–H and O–H groups in total. The normalized spacial score (nSPS) is 16.6. The maximum absolute atomic E-state index is 12.6. The zero-order valence-corrected chi connectivity index (χ0v) is 18.5. The summed E-state index contributed by atoms with van der Waals surface area (Å²) >= 11 is 0. The molecule has 0 radical (unpaired) electrons. The largest absolute Gasteiger partial charge is 0.449 e. The smallest absolute Gasteiger partial charge is 0.338 e. The standard InChI is InChI=1S/C21H32N2O5S/c1-15(2)23(4)29(26,27)19-12-8-11-18(13-19)21(25)28-16(3)20(24)22-14-17-9-6-5-7-10-17/h8,11-13,15-17H,5-7,9-10,14H2,1-4H3,(H,22,24)/t16-/m0/s1. The number of carbonyl (C=O) groups is 2. The number of esters is 1. The van der Waals surface area contributed by atoms with Gasteiger partial charge in [-0.2, -0.15) is 4.31 Å². The quantitative estimate of drug-likeness (QED) is 0.648. The van der Waals surface area contributed by atoms with Gasteiger partial charge in [0, 0.05) is 19.6 Å². The van der Waals surface area contributed by atoms with Gasteiger partial charge in [-0.1, -0.05) is 25.3 Å². The maximum Gasteiger partial charge on any atom is 0.338 e. The Bertz CT molecular complexity index is 816. The van der Waals surface area contributed by atoms with Crippen molar-refractivity contribution >= 4 is 21.9 Å². The molecule has 8 heteroatoms. The van der Waals surface area contributed by atoms with Crippen LogP contribution in [-0.4, -0.2) is 50.3 Å². The van der Waals surface area contributed by atoms with E-state index in [0.29, 0.717) is 12.5 Å². The van der Waals surface area contributed by atoms with Gasteiger partial charge in [0.15, 0.2) is 6.10 Å². The first kappa shape index (κ1) is 23.3. The molecule has 1 aliphatic carbocycles. The summed E-state index contributed by atoms with van der Waals surface area (Å²) in [7, 11) is -2.22. The van der Waals surface area contributed by atoms with Gasteiger partial charge in [0.2, 0.25) is 10.0 Å². The van der Waals surface area contributed by atoms with Gasteiger partial charge < -0.3 is 10.1 Å². The molecule has 0 aromatic heterocycles. The number of carbonyl (C=O) groups excluding carboxylic acids is 2. The third-order valence-electron chi connectivity index (χ3n) is 5.42. The molecule has 0 heterocycles. The van der Waals surface area contributed by atoms with Gasteiger partial charge in [0.1, 0.15) is 0 Å². The molecule has 1 aromatic rings. The van der Waals surface area contributed by atoms with Crippen molar-refractivity contribution in [2.45, 2.75) is 69.9 Å². The average molecular weight is 425 g/mol. The second-order valence-electron chi connectivity index (χ2n) is 7.94. The van der Waals surface area contributed by atoms with Gasteiger partial charge in [-0.3, -0.25) is 4.79 Å². The first-order valence-corrected chi connectivity index (χ1v) is 11.6. The van der Waals surface area contributed by atoms with Crippen LogP contribution in [0.1, 0.15) is 63.2 Å². The summed E-state index contributed by atoms with van der Waals surface area (Å²) in [6.45, 7) is 5.64. The molecule has 0 saturated heterocycles. The number of nitrogens with zero attached hydrogens (tertiary/aromatic N) is 1. The van der Waals surface area contributed by atoms with Crippen LogP contribution in [0.4, 0.5) is 0 Å². The highest BCUT2D eigenvalue weighted by atomic mass is 32.2. The number of ether oxygens (including phenoxy) is 1. The van der Waals surface area contributed by atoms with Crippen LogP contribution in [0.2, 0.25) is 0 Å². The Labute approximate surface area is 173 Å². The van der Waals surface area contributed by atoms with E-state index in [0.717, 1.165) is 12.8 Å². The van der Waals surface area contributed by atoms with Crippen LogP contribution in [0, 0.1) is 5.92 Å². The molecule has 1 aromatic carbocycles. The van der Waals surface area contributed by atoms with E-state index < -0.39 is 22.1 Å². The van der Waals surface area contributed by atoms with E-state index >= 15 is 0 Å². The molecular formula is C21H32N2O5S. The third kappa shape index (κ3) is 6.27. The summed E-state index contributed by atoms with van der Waals surface area (Å²) in [4.78, 5) is 24.7. The molecule has 1 amide bonds. The first-order valence-electron chi connectivity index (χ1n) is 10.2. The van der Waals surface area contributed by atoms with Crippen molar-refractivity contribution in [3.63, 3.8) is 0 Å². The Morgan fingerprint density at radius 1 is 1.17 bits per heavy atom. The van der Waals surface area contributed by atoms with Crippen molar-refractivity contribution < 1.29 is 22.7 Å². The Morgan fingerprint density at radius 3 is 2.45 bits per heavy atom. The number of rotatable bonds is 8. The van der Waals surface area contributed by atoms with Crippen LogP contribution in [0.15, 0.2) is 29.2 Å². The second-order valence-corrected chi connectivity index (χ2v) is 9.94. The van der Waals surface area contributed by atoms with E-state index in [4.69, 9.17) is 4.74 Å². The highest BCUT2D eigenvalue weighted by Crippen LogP contribution is 2.23. The van der Waals surface area contributed by atoms with Crippen LogP contribution in [-0.2, 0) is 19.6 Å². The number of hydrogen-bond acceptors (Lipinski definition) is 5. The lowest BCUT2D eigenvalue weighted by Crippen LogP contribution is -2.38. The van der Waals surface area contributed by atoms with Crippen molar-refractivity contribution in [1.29, 1.82) is 0 Å². The Morgan fingerprint density at radius 2 is 1.83 bits per heavy atom. The monoisotopic (exact) mass is 424 g/mol. The molecule has 0 aliphatic heterocycles. The topological polar surface area (TPSA) is 92.8 Å². The zero-order valence-electron chi connectivity index (χ0n) is 17.7. The molecule has 2 rings (SSSR count). The molecule has 1 atom stereocenters. The van der Waals surface area contributed by atoms with Crippen LogP contribution >= 0.6 is 0 Å². The SMILES string of the molecule is CC(C)N(C)S(=O)(=O)c1cccc(C(=O)O[C@@H](C)C(=O)NCC2CCCCC2)c1. The molecule has 162 valence electrons. The Hall–Kier alpha value is -1.93. The Balaban J connectivity index is 1.98. The van der Waals surface area contributed by atoms with E-state index in [2.05, 4.69) is 5.32 Å². The number of hydrogen-bond donors (Lipinski definition) is 1. The minimum Gasteiger partial charge on any atom is -0.449 e. The molecule has 1 saturated carbocycles. The maximum atomic E-state index is 12.6. The van der Waals surface area contributed by atoms with Crippen LogP contribution in [0.3, 0.4) is 0 Å². The van der Waals surface area contributed by atoms with Crippen LogP contribution in [0.5, 0.6) is 0 Å². The van der Waals surface area contributed by atoms with Crippen molar-refractivity contribution in [2.75, 3.05) is 13.6 Å². The zero-order chi connectivity index (χ0) is 21.6. The predicted octanol–water partition coefficient (Wildman–Crippen LogP) is 2.96. The predicted molar refractivity (Wildman–Crippen MR) is 111 cm³/mol. The van der Waals surface area contributed by atoms with Gasteiger partial charge in [0.25, 0.3) is 5.91 Å². The fourth-order valence-corrected chi connectivity index (χ4v) is 4.70. The molecule has 1 aliphatic rings. The molecule has 0 bridgehead atoms. The van der Waals surface area contributed by atoms with E-state index in [9.17, 15) is 18.0 Å². The van der Waals surface area contributed by atoms with E-state index in [1.807, 2.05) is 0 Å². The summed E-state index contributed by atoms with van der Waals surface area (Å²) in [5.74, 6) is -0.586. The van der Waals surface area contributed by atoms with Crippen molar-refractivity contribution in [2.24, 2.45) is 5.92 Å². The number of amides is 1. The molecule has 7 nitrogen and oxygen atoms in total. The van der Waals surface area contributed by atoms with E-state index in [1.54, 1.807) is 13.8 Å². The van der Waals surface area contributed by atoms with Gasteiger partial charge in [0.05, 0.1) is 10.5 Å². The fraction of sp³-hybridized carbons (Fsp3) is 0.619. The van der Waals surface area contributed by atoms with Crippen molar-refractivity contribution in [3.8, 4) is 0 Å². The van der Waals surface area contributed by atoms with Gasteiger partial charge >= 0.3 is 5.97 Å². The summed E-state index contributed by atoms with van der Waals surface area (Å²) in [6, 6.07) is 5.46. The molecule has 1 fully saturated rings. The van der Waals surface area contributed by atoms with Gasteiger partial charge in [-0.05, 0) is 57.7 Å². The van der Waals surface area contributed by atoms with E-state index in [-0.39, 0.29) is 22.4 Å². The van der Waals surface area contributed by atoms with Crippen molar-refractivity contribution in [3.05, 3.63) is 29.8 Å². The summed E-state index contributed by atoms with van der Waals surface area (Å²) in [5.41, 5.74) is 0.0927. The van der Waals surface area contributed by atoms with Crippen LogP contribution < -0.4 is 5.32 Å². The molecular weight excluding hydrogens is 392 g/mol. The van der Waals surface area contributed by atoms with Gasteiger partial charge in [-0.15, -0.1) is 0 Å². The molecule has 0 spiro atoms. The second kappa shape index (κ2) is 10.2. The molecule has 0 unspecified atom stereocenters. The highest BCUT2D eigenvalue weighted by molar-refractivity contribution is 7.89. The van der Waals surface area contributed by atoms with Gasteiger partial charge in [-0.25, -0.2) is 13.2 Å². The number of benzene rings is 1. The van der Waals surface area contributed by atoms with Crippen LogP contribution in [0.25, 0.3) is 0 Å². The summed E-state index contributed by atoms with van der Waals surface area (Å²) in [6.07, 6.45) is 4.90. The highest BCUT2D eigenvalue weighted by Gasteiger charge is 2.25. The number of nitrogens with one attached hydrogen (secondary N) is 1. The lowest BCUT2D eigenvalue weighted by Gasteiger charge is -2.23. The lowest BCUT2D eigenvalue weighted by atomic mass is 9.89. The summed E-state index contributed by atoms with van der Waals surface area (Å²) < 4.78 is 31.7. The third-order valence-corrected chi connectivity index (χ3v) is 7.45. The Kier molecular flexibility index (Phi) is 8.22. The minimum absolute atomic E-state index is 0.0116. The minimum atomic E-state index is -3.71. The molecule has 29 heavy (non-hydrogen) atoms.